The number of aryl methyl sites for hydroxylation is 1. The van der Waals surface area contributed by atoms with E-state index >= 15 is 0 Å². The number of aromatic nitrogens is 3. The molecule has 1 aromatic carbocycles. The van der Waals surface area contributed by atoms with Crippen LogP contribution in [0.1, 0.15) is 24.3 Å². The number of nitrogens with zero attached hydrogens (tertiary/aromatic N) is 4. The van der Waals surface area contributed by atoms with Gasteiger partial charge in [0.1, 0.15) is 5.01 Å². The molecule has 6 heteroatoms. The second-order valence-corrected chi connectivity index (χ2v) is 7.39. The van der Waals surface area contributed by atoms with Crippen LogP contribution < -0.4 is 10.2 Å². The zero-order valence-electron chi connectivity index (χ0n) is 14.5. The van der Waals surface area contributed by atoms with Crippen LogP contribution in [0.15, 0.2) is 42.0 Å². The summed E-state index contributed by atoms with van der Waals surface area (Å²) in [6, 6.07) is 8.61. The summed E-state index contributed by atoms with van der Waals surface area (Å²) >= 11 is 1.69. The van der Waals surface area contributed by atoms with Gasteiger partial charge in [-0.05, 0) is 31.4 Å². The molecule has 0 spiro atoms. The maximum absolute atomic E-state index is 4.74. The molecular formula is C19H23N5S. The lowest BCUT2D eigenvalue weighted by Crippen LogP contribution is -2.30. The van der Waals surface area contributed by atoms with Gasteiger partial charge in [-0.1, -0.05) is 12.1 Å². The van der Waals surface area contributed by atoms with Crippen LogP contribution in [0, 0.1) is 0 Å². The first-order valence-corrected chi connectivity index (χ1v) is 9.69. The maximum Gasteiger partial charge on any atom is 0.112 e. The molecule has 1 N–H and O–H groups in total. The first kappa shape index (κ1) is 16.1. The van der Waals surface area contributed by atoms with Crippen molar-refractivity contribution in [2.24, 2.45) is 7.05 Å². The Bertz CT molecular complexity index is 832. The van der Waals surface area contributed by atoms with E-state index in [-0.39, 0.29) is 0 Å². The molecule has 4 rings (SSSR count). The summed E-state index contributed by atoms with van der Waals surface area (Å²) in [5.41, 5.74) is 4.58. The lowest BCUT2D eigenvalue weighted by molar-refractivity contribution is 0.578. The minimum atomic E-state index is 0.746. The van der Waals surface area contributed by atoms with E-state index in [1.807, 2.05) is 24.1 Å². The monoisotopic (exact) mass is 353 g/mol. The number of para-hydroxylation sites is 2. The molecule has 1 aliphatic heterocycles. The highest BCUT2D eigenvalue weighted by molar-refractivity contribution is 7.09. The van der Waals surface area contributed by atoms with Crippen LogP contribution in [0.5, 0.6) is 0 Å². The highest BCUT2D eigenvalue weighted by atomic mass is 32.1. The quantitative estimate of drug-likeness (QED) is 0.749. The van der Waals surface area contributed by atoms with Gasteiger partial charge < -0.3 is 10.2 Å². The van der Waals surface area contributed by atoms with Gasteiger partial charge in [0, 0.05) is 37.3 Å². The molecule has 5 nitrogen and oxygen atoms in total. The van der Waals surface area contributed by atoms with Crippen molar-refractivity contribution < 1.29 is 0 Å². The topological polar surface area (TPSA) is 46.0 Å². The molecule has 0 aliphatic carbocycles. The molecular weight excluding hydrogens is 330 g/mol. The third kappa shape index (κ3) is 3.69. The minimum absolute atomic E-state index is 0.746. The highest BCUT2D eigenvalue weighted by Gasteiger charge is 2.14. The zero-order chi connectivity index (χ0) is 17.1. The van der Waals surface area contributed by atoms with Gasteiger partial charge in [0.05, 0.1) is 29.8 Å². The van der Waals surface area contributed by atoms with Crippen molar-refractivity contribution in [1.82, 2.24) is 14.8 Å². The minimum Gasteiger partial charge on any atom is -0.377 e. The van der Waals surface area contributed by atoms with Crippen molar-refractivity contribution in [3.05, 3.63) is 47.0 Å². The number of rotatable bonds is 5. The zero-order valence-corrected chi connectivity index (χ0v) is 15.3. The van der Waals surface area contributed by atoms with E-state index in [9.17, 15) is 0 Å². The van der Waals surface area contributed by atoms with E-state index in [1.165, 1.54) is 30.6 Å². The van der Waals surface area contributed by atoms with E-state index in [0.29, 0.717) is 0 Å². The standard InChI is InChI=1S/C19H23N5S/c1-23-13-15(11-21-23)17-14-25-19(22-17)12-20-16-7-3-4-8-18(16)24-9-5-2-6-10-24/h3-4,7-8,11,13-14,20H,2,5-6,9-10,12H2,1H3. The molecule has 2 aromatic heterocycles. The summed E-state index contributed by atoms with van der Waals surface area (Å²) in [4.78, 5) is 7.23. The molecule has 0 bridgehead atoms. The average Bonchev–Trinajstić information content (AvgIpc) is 3.30. The van der Waals surface area contributed by atoms with Gasteiger partial charge in [0.2, 0.25) is 0 Å². The summed E-state index contributed by atoms with van der Waals surface area (Å²) in [5.74, 6) is 0. The Kier molecular flexibility index (Phi) is 4.70. The first-order chi connectivity index (χ1) is 12.3. The van der Waals surface area contributed by atoms with E-state index in [0.717, 1.165) is 35.9 Å². The van der Waals surface area contributed by atoms with Crippen molar-refractivity contribution in [1.29, 1.82) is 0 Å². The molecule has 0 amide bonds. The van der Waals surface area contributed by atoms with Crippen LogP contribution in [0.4, 0.5) is 11.4 Å². The van der Waals surface area contributed by atoms with Crippen molar-refractivity contribution >= 4 is 22.7 Å². The van der Waals surface area contributed by atoms with Gasteiger partial charge in [-0.2, -0.15) is 5.10 Å². The van der Waals surface area contributed by atoms with Crippen LogP contribution in [0.2, 0.25) is 0 Å². The highest BCUT2D eigenvalue weighted by Crippen LogP contribution is 2.29. The summed E-state index contributed by atoms with van der Waals surface area (Å²) in [6.45, 7) is 3.05. The third-order valence-electron chi connectivity index (χ3n) is 4.58. The molecule has 0 radical (unpaired) electrons. The Morgan fingerprint density at radius 3 is 2.80 bits per heavy atom. The van der Waals surface area contributed by atoms with Gasteiger partial charge in [-0.3, -0.25) is 4.68 Å². The fourth-order valence-corrected chi connectivity index (χ4v) is 4.03. The number of nitrogens with one attached hydrogen (secondary N) is 1. The molecule has 0 atom stereocenters. The van der Waals surface area contributed by atoms with Gasteiger partial charge in [0.15, 0.2) is 0 Å². The van der Waals surface area contributed by atoms with Crippen molar-refractivity contribution in [3.63, 3.8) is 0 Å². The van der Waals surface area contributed by atoms with E-state index in [4.69, 9.17) is 4.98 Å². The fraction of sp³-hybridized carbons (Fsp3) is 0.368. The van der Waals surface area contributed by atoms with Crippen LogP contribution in [-0.4, -0.2) is 27.9 Å². The van der Waals surface area contributed by atoms with E-state index in [1.54, 1.807) is 11.3 Å². The van der Waals surface area contributed by atoms with Crippen LogP contribution in [0.25, 0.3) is 11.3 Å². The molecule has 130 valence electrons. The third-order valence-corrected chi connectivity index (χ3v) is 5.43. The average molecular weight is 353 g/mol. The van der Waals surface area contributed by atoms with Gasteiger partial charge in [-0.15, -0.1) is 11.3 Å². The van der Waals surface area contributed by atoms with Crippen molar-refractivity contribution in [3.8, 4) is 11.3 Å². The molecule has 1 saturated heterocycles. The molecule has 25 heavy (non-hydrogen) atoms. The lowest BCUT2D eigenvalue weighted by Gasteiger charge is -2.30. The predicted molar refractivity (Wildman–Crippen MR) is 104 cm³/mol. The van der Waals surface area contributed by atoms with Gasteiger partial charge in [-0.25, -0.2) is 4.98 Å². The number of hydrogen-bond donors (Lipinski definition) is 1. The maximum atomic E-state index is 4.74. The van der Waals surface area contributed by atoms with Crippen molar-refractivity contribution in [2.45, 2.75) is 25.8 Å². The second-order valence-electron chi connectivity index (χ2n) is 6.45. The van der Waals surface area contributed by atoms with Gasteiger partial charge in [0.25, 0.3) is 0 Å². The largest absolute Gasteiger partial charge is 0.377 e. The number of anilines is 2. The summed E-state index contributed by atoms with van der Waals surface area (Å²) in [6.07, 6.45) is 7.78. The Morgan fingerprint density at radius 2 is 2.00 bits per heavy atom. The molecule has 3 aromatic rings. The Morgan fingerprint density at radius 1 is 1.16 bits per heavy atom. The first-order valence-electron chi connectivity index (χ1n) is 8.81. The Hall–Kier alpha value is -2.34. The lowest BCUT2D eigenvalue weighted by atomic mass is 10.1. The van der Waals surface area contributed by atoms with Crippen LogP contribution in [0.3, 0.4) is 0 Å². The SMILES string of the molecule is Cn1cc(-c2csc(CNc3ccccc3N3CCCCC3)n2)cn1. The smallest absolute Gasteiger partial charge is 0.112 e. The summed E-state index contributed by atoms with van der Waals surface area (Å²) in [7, 11) is 1.93. The Balaban J connectivity index is 1.46. The predicted octanol–water partition coefficient (Wildman–Crippen LogP) is 4.15. The molecule has 0 unspecified atom stereocenters. The normalized spacial score (nSPS) is 14.7. The van der Waals surface area contributed by atoms with Crippen LogP contribution >= 0.6 is 11.3 Å². The molecule has 1 fully saturated rings. The summed E-state index contributed by atoms with van der Waals surface area (Å²) < 4.78 is 1.81. The second kappa shape index (κ2) is 7.27. The molecule has 3 heterocycles. The number of benzene rings is 1. The fourth-order valence-electron chi connectivity index (χ4n) is 3.28. The number of piperidine rings is 1. The number of hydrogen-bond acceptors (Lipinski definition) is 5. The molecule has 1 aliphatic rings. The molecule has 0 saturated carbocycles. The summed E-state index contributed by atoms with van der Waals surface area (Å²) in [5, 5.41) is 11.0. The van der Waals surface area contributed by atoms with Gasteiger partial charge >= 0.3 is 0 Å². The van der Waals surface area contributed by atoms with E-state index in [2.05, 4.69) is 45.0 Å². The number of thiazole rings is 1. The van der Waals surface area contributed by atoms with Crippen LogP contribution in [-0.2, 0) is 13.6 Å². The Labute approximate surface area is 152 Å². The van der Waals surface area contributed by atoms with Crippen molar-refractivity contribution in [2.75, 3.05) is 23.3 Å². The van der Waals surface area contributed by atoms with E-state index < -0.39 is 0 Å².